The fourth-order valence-corrected chi connectivity index (χ4v) is 3.44. The van der Waals surface area contributed by atoms with Gasteiger partial charge in [-0.3, -0.25) is 4.57 Å². The van der Waals surface area contributed by atoms with E-state index in [1.165, 1.54) is 30.6 Å². The van der Waals surface area contributed by atoms with Crippen molar-refractivity contribution in [3.8, 4) is 23.0 Å². The van der Waals surface area contributed by atoms with Crippen LogP contribution in [0.3, 0.4) is 0 Å². The maximum Gasteiger partial charge on any atom is 0.573 e. The molecule has 0 spiro atoms. The molecule has 0 radical (unpaired) electrons. The molecule has 11 heteroatoms. The molecule has 0 amide bonds. The normalized spacial score (nSPS) is 12.5. The van der Waals surface area contributed by atoms with Crippen LogP contribution in [0.4, 0.5) is 19.0 Å². The topological polar surface area (TPSA) is 102 Å². The second-order valence-electron chi connectivity index (χ2n) is 8.55. The summed E-state index contributed by atoms with van der Waals surface area (Å²) in [6, 6.07) is 6.34. The fraction of sp³-hybridized carbons (Fsp3) is 0.417. The lowest BCUT2D eigenvalue weighted by atomic mass is 10.0. The number of imidazole rings is 1. The number of anilines is 1. The highest BCUT2D eigenvalue weighted by Crippen LogP contribution is 2.26. The molecular weight excluding hydrogens is 463 g/mol. The Morgan fingerprint density at radius 3 is 2.51 bits per heavy atom. The van der Waals surface area contributed by atoms with E-state index in [4.69, 9.17) is 0 Å². The number of carboxylic acids is 1. The first kappa shape index (κ1) is 26.0. The van der Waals surface area contributed by atoms with Crippen LogP contribution in [-0.4, -0.2) is 43.0 Å². The summed E-state index contributed by atoms with van der Waals surface area (Å²) in [6.45, 7) is 5.96. The number of hydrogen-bond donors (Lipinski definition) is 2. The number of rotatable bonds is 11. The molecule has 0 saturated carbocycles. The number of alkyl halides is 3. The molecule has 2 heterocycles. The van der Waals surface area contributed by atoms with Crippen LogP contribution in [0.25, 0.3) is 17.2 Å². The number of carbonyl (C=O) groups is 1. The second kappa shape index (κ2) is 11.2. The number of halogens is 3. The molecule has 0 saturated heterocycles. The smallest absolute Gasteiger partial charge is 0.480 e. The number of nitrogens with one attached hydrogen (secondary N) is 1. The van der Waals surface area contributed by atoms with E-state index in [9.17, 15) is 23.1 Å². The number of aliphatic carboxylic acids is 1. The fourth-order valence-electron chi connectivity index (χ4n) is 3.44. The first-order chi connectivity index (χ1) is 16.5. The standard InChI is InChI=1S/C24H28F3N5O3/c1-4-5-6-17-12-21(30-19(22(33)34)11-15(2)3)31-23(29-17)32-13-20(28-14-32)16-7-9-18(10-8-16)35-24(25,26)27/h7-10,12-15,19H,4-6,11H2,1-3H3,(H,33,34)(H,29,30,31)/t19-/m0/s1. The average Bonchev–Trinajstić information content (AvgIpc) is 3.26. The van der Waals surface area contributed by atoms with Gasteiger partial charge in [-0.2, -0.15) is 4.98 Å². The predicted molar refractivity (Wildman–Crippen MR) is 124 cm³/mol. The zero-order valence-corrected chi connectivity index (χ0v) is 19.7. The molecule has 8 nitrogen and oxygen atoms in total. The molecule has 0 unspecified atom stereocenters. The summed E-state index contributed by atoms with van der Waals surface area (Å²) >= 11 is 0. The second-order valence-corrected chi connectivity index (χ2v) is 8.55. The van der Waals surface area contributed by atoms with E-state index >= 15 is 0 Å². The van der Waals surface area contributed by atoms with Gasteiger partial charge in [0.2, 0.25) is 5.95 Å². The molecular formula is C24H28F3N5O3. The number of aryl methyl sites for hydroxylation is 1. The van der Waals surface area contributed by atoms with Crippen molar-refractivity contribution in [3.63, 3.8) is 0 Å². The van der Waals surface area contributed by atoms with E-state index in [1.807, 2.05) is 13.8 Å². The van der Waals surface area contributed by atoms with Gasteiger partial charge >= 0.3 is 12.3 Å². The first-order valence-electron chi connectivity index (χ1n) is 11.3. The summed E-state index contributed by atoms with van der Waals surface area (Å²) in [5.74, 6) is -0.396. The van der Waals surface area contributed by atoms with Crippen molar-refractivity contribution >= 4 is 11.8 Å². The van der Waals surface area contributed by atoms with Crippen molar-refractivity contribution in [2.75, 3.05) is 5.32 Å². The van der Waals surface area contributed by atoms with E-state index < -0.39 is 18.4 Å². The van der Waals surface area contributed by atoms with Gasteiger partial charge in [0.25, 0.3) is 0 Å². The highest BCUT2D eigenvalue weighted by molar-refractivity contribution is 5.76. The van der Waals surface area contributed by atoms with E-state index in [2.05, 4.69) is 31.9 Å². The molecule has 35 heavy (non-hydrogen) atoms. The van der Waals surface area contributed by atoms with Crippen molar-refractivity contribution < 1.29 is 27.8 Å². The van der Waals surface area contributed by atoms with Gasteiger partial charge < -0.3 is 15.2 Å². The first-order valence-corrected chi connectivity index (χ1v) is 11.3. The van der Waals surface area contributed by atoms with Crippen LogP contribution in [0.1, 0.15) is 45.7 Å². The van der Waals surface area contributed by atoms with Crippen molar-refractivity contribution in [1.29, 1.82) is 0 Å². The zero-order chi connectivity index (χ0) is 25.6. The monoisotopic (exact) mass is 491 g/mol. The van der Waals surface area contributed by atoms with Gasteiger partial charge in [0.05, 0.1) is 5.69 Å². The number of aromatic nitrogens is 4. The van der Waals surface area contributed by atoms with Crippen molar-refractivity contribution in [1.82, 2.24) is 19.5 Å². The minimum absolute atomic E-state index is 0.175. The minimum atomic E-state index is -4.76. The van der Waals surface area contributed by atoms with Crippen LogP contribution in [0.5, 0.6) is 5.75 Å². The van der Waals surface area contributed by atoms with E-state index in [0.29, 0.717) is 35.9 Å². The Balaban J connectivity index is 1.88. The Morgan fingerprint density at radius 2 is 1.91 bits per heavy atom. The lowest BCUT2D eigenvalue weighted by molar-refractivity contribution is -0.274. The maximum atomic E-state index is 12.4. The molecule has 188 valence electrons. The summed E-state index contributed by atoms with van der Waals surface area (Å²) in [5.41, 5.74) is 1.85. The maximum absolute atomic E-state index is 12.4. The molecule has 0 aliphatic heterocycles. The molecule has 1 atom stereocenters. The van der Waals surface area contributed by atoms with Gasteiger partial charge in [0, 0.05) is 23.5 Å². The Kier molecular flexibility index (Phi) is 8.31. The van der Waals surface area contributed by atoms with Crippen LogP contribution < -0.4 is 10.1 Å². The van der Waals surface area contributed by atoms with E-state index in [1.54, 1.807) is 16.8 Å². The van der Waals surface area contributed by atoms with E-state index in [0.717, 1.165) is 18.5 Å². The molecule has 2 N–H and O–H groups in total. The van der Waals surface area contributed by atoms with Gasteiger partial charge in [-0.05, 0) is 49.4 Å². The van der Waals surface area contributed by atoms with Crippen LogP contribution in [-0.2, 0) is 11.2 Å². The predicted octanol–water partition coefficient (Wildman–Crippen LogP) is 5.48. The number of carboxylic acid groups (broad SMARTS) is 1. The largest absolute Gasteiger partial charge is 0.573 e. The summed E-state index contributed by atoms with van der Waals surface area (Å²) < 4.78 is 42.7. The molecule has 3 rings (SSSR count). The highest BCUT2D eigenvalue weighted by Gasteiger charge is 2.31. The Bertz CT molecular complexity index is 1130. The summed E-state index contributed by atoms with van der Waals surface area (Å²) in [7, 11) is 0. The third kappa shape index (κ3) is 7.69. The van der Waals surface area contributed by atoms with Crippen molar-refractivity contribution in [3.05, 3.63) is 48.5 Å². The minimum Gasteiger partial charge on any atom is -0.480 e. The van der Waals surface area contributed by atoms with Gasteiger partial charge in [0.15, 0.2) is 0 Å². The van der Waals surface area contributed by atoms with Gasteiger partial charge in [0.1, 0.15) is 23.9 Å². The van der Waals surface area contributed by atoms with Crippen molar-refractivity contribution in [2.45, 2.75) is 58.9 Å². The van der Waals surface area contributed by atoms with Crippen LogP contribution >= 0.6 is 0 Å². The average molecular weight is 492 g/mol. The van der Waals surface area contributed by atoms with Crippen LogP contribution in [0.2, 0.25) is 0 Å². The lowest BCUT2D eigenvalue weighted by Gasteiger charge is -2.18. The summed E-state index contributed by atoms with van der Waals surface area (Å²) in [6.07, 6.45) is 1.41. The number of unbranched alkanes of at least 4 members (excludes halogenated alkanes) is 1. The van der Waals surface area contributed by atoms with Crippen LogP contribution in [0, 0.1) is 5.92 Å². The van der Waals surface area contributed by atoms with Crippen LogP contribution in [0.15, 0.2) is 42.9 Å². The number of benzene rings is 1. The lowest BCUT2D eigenvalue weighted by Crippen LogP contribution is -2.31. The highest BCUT2D eigenvalue weighted by atomic mass is 19.4. The SMILES string of the molecule is CCCCc1cc(N[C@@H](CC(C)C)C(=O)O)nc(-n2cnc(-c3ccc(OC(F)(F)F)cc3)c2)n1. The van der Waals surface area contributed by atoms with E-state index in [-0.39, 0.29) is 11.7 Å². The molecule has 2 aromatic heterocycles. The summed E-state index contributed by atoms with van der Waals surface area (Å²) in [4.78, 5) is 25.1. The zero-order valence-electron chi connectivity index (χ0n) is 19.7. The molecule has 0 aliphatic carbocycles. The molecule has 1 aromatic carbocycles. The van der Waals surface area contributed by atoms with Crippen molar-refractivity contribution in [2.24, 2.45) is 5.92 Å². The molecule has 0 bridgehead atoms. The Morgan fingerprint density at radius 1 is 1.20 bits per heavy atom. The number of nitrogens with zero attached hydrogens (tertiary/aromatic N) is 4. The molecule has 3 aromatic rings. The third-order valence-electron chi connectivity index (χ3n) is 5.08. The quantitative estimate of drug-likeness (QED) is 0.366. The Hall–Kier alpha value is -3.63. The van der Waals surface area contributed by atoms with Gasteiger partial charge in [-0.25, -0.2) is 14.8 Å². The summed E-state index contributed by atoms with van der Waals surface area (Å²) in [5, 5.41) is 12.6. The third-order valence-corrected chi connectivity index (χ3v) is 5.08. The molecule has 0 aliphatic rings. The Labute approximate surface area is 201 Å². The van der Waals surface area contributed by atoms with Gasteiger partial charge in [-0.1, -0.05) is 27.2 Å². The van der Waals surface area contributed by atoms with Gasteiger partial charge in [-0.15, -0.1) is 13.2 Å². The molecule has 0 fully saturated rings. The number of hydrogen-bond acceptors (Lipinski definition) is 6. The number of ether oxygens (including phenoxy) is 1.